The van der Waals surface area contributed by atoms with E-state index in [4.69, 9.17) is 4.74 Å². The molecule has 42 heavy (non-hydrogen) atoms. The highest BCUT2D eigenvalue weighted by Gasteiger charge is 2.36. The molecule has 0 radical (unpaired) electrons. The first-order valence-electron chi connectivity index (χ1n) is 13.7. The molecule has 214 valence electrons. The summed E-state index contributed by atoms with van der Waals surface area (Å²) in [4.78, 5) is 31.3. The van der Waals surface area contributed by atoms with E-state index in [0.717, 1.165) is 37.7 Å². The number of hydrogen-bond donors (Lipinski definition) is 2. The van der Waals surface area contributed by atoms with Crippen molar-refractivity contribution in [1.82, 2.24) is 10.6 Å². The van der Waals surface area contributed by atoms with E-state index < -0.39 is 12.1 Å². The summed E-state index contributed by atoms with van der Waals surface area (Å²) in [6.45, 7) is 2.77. The molecule has 0 bridgehead atoms. The number of fused-ring (bicyclic) bond motifs is 2. The Kier molecular flexibility index (Phi) is 8.76. The predicted molar refractivity (Wildman–Crippen MR) is 168 cm³/mol. The van der Waals surface area contributed by atoms with Crippen LogP contribution in [0.5, 0.6) is 5.75 Å². The molecule has 2 amide bonds. The molecule has 4 aromatic carbocycles. The van der Waals surface area contributed by atoms with Gasteiger partial charge in [0.2, 0.25) is 5.91 Å². The first-order chi connectivity index (χ1) is 20.3. The van der Waals surface area contributed by atoms with Gasteiger partial charge in [-0.25, -0.2) is 0 Å². The van der Waals surface area contributed by atoms with Gasteiger partial charge in [0.05, 0.1) is 42.7 Å². The van der Waals surface area contributed by atoms with Gasteiger partial charge in [0.15, 0.2) is 0 Å². The molecule has 1 heterocycles. The normalized spacial score (nSPS) is 15.5. The van der Waals surface area contributed by atoms with Crippen LogP contribution in [-0.2, 0) is 22.7 Å². The average Bonchev–Trinajstić information content (AvgIpc) is 3.11. The van der Waals surface area contributed by atoms with Gasteiger partial charge in [0, 0.05) is 23.1 Å². The lowest BCUT2D eigenvalue weighted by atomic mass is 10.0. The molecule has 0 spiro atoms. The highest BCUT2D eigenvalue weighted by molar-refractivity contribution is 9.10. The first-order valence-corrected chi connectivity index (χ1v) is 14.5. The van der Waals surface area contributed by atoms with E-state index >= 15 is 0 Å². The quantitative estimate of drug-likeness (QED) is 0.282. The molecule has 1 aliphatic heterocycles. The van der Waals surface area contributed by atoms with Crippen LogP contribution in [0.15, 0.2) is 83.3 Å². The van der Waals surface area contributed by atoms with E-state index in [0.29, 0.717) is 17.9 Å². The van der Waals surface area contributed by atoms with Gasteiger partial charge < -0.3 is 25.2 Å². The van der Waals surface area contributed by atoms with Crippen LogP contribution in [0.1, 0.15) is 23.6 Å². The number of ether oxygens (including phenoxy) is 1. The standard InChI is InChI=1S/C33H32BrN5O3/c1-21(36-2)32(40)37-28-20-38(18-23-10-8-22(17-35)9-11-23)29-6-4-5-7-30(29)39(33(28)41)19-27-26-14-13-25(34)16-24(26)12-15-31(27)42-3/h4-16,21,28,36H,18-20H2,1-3H3,(H,37,40)/t21-,28-/m0/s1. The zero-order valence-corrected chi connectivity index (χ0v) is 25.3. The lowest BCUT2D eigenvalue weighted by molar-refractivity contribution is -0.128. The number of nitrogens with one attached hydrogen (secondary N) is 2. The molecule has 9 heteroatoms. The molecule has 0 saturated carbocycles. The number of para-hydroxylation sites is 2. The number of benzene rings is 4. The Bertz CT molecular complexity index is 1670. The second-order valence-electron chi connectivity index (χ2n) is 10.3. The molecular weight excluding hydrogens is 594 g/mol. The number of carbonyl (C=O) groups excluding carboxylic acids is 2. The van der Waals surface area contributed by atoms with Crippen molar-refractivity contribution in [1.29, 1.82) is 5.26 Å². The third-order valence-electron chi connectivity index (χ3n) is 7.67. The van der Waals surface area contributed by atoms with Crippen LogP contribution >= 0.6 is 15.9 Å². The molecular formula is C33H32BrN5O3. The number of halogens is 1. The van der Waals surface area contributed by atoms with E-state index in [2.05, 4.69) is 37.5 Å². The summed E-state index contributed by atoms with van der Waals surface area (Å²) in [6.07, 6.45) is 0. The number of carbonyl (C=O) groups is 2. The van der Waals surface area contributed by atoms with Crippen molar-refractivity contribution in [3.8, 4) is 11.8 Å². The van der Waals surface area contributed by atoms with E-state index in [-0.39, 0.29) is 24.9 Å². The topological polar surface area (TPSA) is 97.7 Å². The van der Waals surface area contributed by atoms with Gasteiger partial charge in [-0.2, -0.15) is 5.26 Å². The maximum Gasteiger partial charge on any atom is 0.251 e. The molecule has 0 saturated heterocycles. The van der Waals surface area contributed by atoms with Gasteiger partial charge in [-0.3, -0.25) is 9.59 Å². The number of anilines is 2. The number of nitrogens with zero attached hydrogens (tertiary/aromatic N) is 3. The number of hydrogen-bond acceptors (Lipinski definition) is 6. The van der Waals surface area contributed by atoms with Gasteiger partial charge in [-0.15, -0.1) is 0 Å². The molecule has 8 nitrogen and oxygen atoms in total. The Morgan fingerprint density at radius 3 is 2.50 bits per heavy atom. The van der Waals surface area contributed by atoms with Crippen LogP contribution in [0.2, 0.25) is 0 Å². The van der Waals surface area contributed by atoms with Crippen LogP contribution in [0.3, 0.4) is 0 Å². The van der Waals surface area contributed by atoms with Gasteiger partial charge >= 0.3 is 0 Å². The number of methoxy groups -OCH3 is 1. The molecule has 4 aromatic rings. The molecule has 0 aliphatic carbocycles. The third kappa shape index (κ3) is 5.96. The summed E-state index contributed by atoms with van der Waals surface area (Å²) < 4.78 is 6.74. The minimum Gasteiger partial charge on any atom is -0.496 e. The summed E-state index contributed by atoms with van der Waals surface area (Å²) in [5.41, 5.74) is 4.06. The summed E-state index contributed by atoms with van der Waals surface area (Å²) in [7, 11) is 3.34. The fourth-order valence-corrected chi connectivity index (χ4v) is 5.65. The van der Waals surface area contributed by atoms with Crippen molar-refractivity contribution < 1.29 is 14.3 Å². The van der Waals surface area contributed by atoms with Crippen molar-refractivity contribution in [3.05, 3.63) is 100 Å². The monoisotopic (exact) mass is 625 g/mol. The number of likely N-dealkylation sites (N-methyl/N-ethyl adjacent to an activating group) is 1. The van der Waals surface area contributed by atoms with Crippen LogP contribution < -0.4 is 25.2 Å². The molecule has 2 N–H and O–H groups in total. The number of nitriles is 1. The van der Waals surface area contributed by atoms with Crippen molar-refractivity contribution in [2.24, 2.45) is 0 Å². The summed E-state index contributed by atoms with van der Waals surface area (Å²) in [6, 6.07) is 26.0. The van der Waals surface area contributed by atoms with Crippen LogP contribution in [0, 0.1) is 11.3 Å². The second kappa shape index (κ2) is 12.6. The smallest absolute Gasteiger partial charge is 0.251 e. The number of amides is 2. The zero-order chi connectivity index (χ0) is 29.8. The van der Waals surface area contributed by atoms with Crippen molar-refractivity contribution in [2.45, 2.75) is 32.1 Å². The van der Waals surface area contributed by atoms with Crippen molar-refractivity contribution in [3.63, 3.8) is 0 Å². The van der Waals surface area contributed by atoms with E-state index in [1.165, 1.54) is 0 Å². The fourth-order valence-electron chi connectivity index (χ4n) is 5.27. The maximum absolute atomic E-state index is 14.4. The minimum absolute atomic E-state index is 0.211. The molecule has 0 unspecified atom stereocenters. The van der Waals surface area contributed by atoms with Crippen LogP contribution in [-0.4, -0.2) is 44.6 Å². The van der Waals surface area contributed by atoms with Crippen LogP contribution in [0.25, 0.3) is 10.8 Å². The fraction of sp³-hybridized carbons (Fsp3) is 0.242. The Balaban J connectivity index is 1.61. The van der Waals surface area contributed by atoms with E-state index in [1.54, 1.807) is 38.1 Å². The van der Waals surface area contributed by atoms with Gasteiger partial charge in [0.25, 0.3) is 5.91 Å². The van der Waals surface area contributed by atoms with Crippen molar-refractivity contribution in [2.75, 3.05) is 30.5 Å². The Labute approximate surface area is 254 Å². The highest BCUT2D eigenvalue weighted by Crippen LogP contribution is 2.38. The number of rotatable bonds is 8. The van der Waals surface area contributed by atoms with Gasteiger partial charge in [-0.05, 0) is 72.8 Å². The predicted octanol–water partition coefficient (Wildman–Crippen LogP) is 5.13. The molecule has 1 aliphatic rings. The second-order valence-corrected chi connectivity index (χ2v) is 11.2. The molecule has 0 aromatic heterocycles. The molecule has 0 fully saturated rings. The minimum atomic E-state index is -0.811. The summed E-state index contributed by atoms with van der Waals surface area (Å²) in [5, 5.41) is 17.2. The van der Waals surface area contributed by atoms with Gasteiger partial charge in [-0.1, -0.05) is 52.3 Å². The lowest BCUT2D eigenvalue weighted by Gasteiger charge is -2.27. The Hall–Kier alpha value is -4.39. The van der Waals surface area contributed by atoms with Crippen molar-refractivity contribution >= 4 is 49.9 Å². The van der Waals surface area contributed by atoms with E-state index in [9.17, 15) is 14.9 Å². The first kappa shape index (κ1) is 29.1. The summed E-state index contributed by atoms with van der Waals surface area (Å²) >= 11 is 3.56. The zero-order valence-electron chi connectivity index (χ0n) is 23.7. The SMILES string of the molecule is CN[C@@H](C)C(=O)N[C@H]1CN(Cc2ccc(C#N)cc2)c2ccccc2N(Cc2c(OC)ccc3cc(Br)ccc23)C1=O. The van der Waals surface area contributed by atoms with Gasteiger partial charge in [0.1, 0.15) is 11.8 Å². The maximum atomic E-state index is 14.4. The molecule has 5 rings (SSSR count). The Morgan fingerprint density at radius 1 is 1.07 bits per heavy atom. The van der Waals surface area contributed by atoms with E-state index in [1.807, 2.05) is 66.7 Å². The average molecular weight is 627 g/mol. The largest absolute Gasteiger partial charge is 0.496 e. The summed E-state index contributed by atoms with van der Waals surface area (Å²) in [5.74, 6) is 0.212. The third-order valence-corrected chi connectivity index (χ3v) is 8.16. The Morgan fingerprint density at radius 2 is 1.81 bits per heavy atom. The highest BCUT2D eigenvalue weighted by atomic mass is 79.9. The van der Waals surface area contributed by atoms with Crippen LogP contribution in [0.4, 0.5) is 11.4 Å². The molecule has 2 atom stereocenters. The lowest BCUT2D eigenvalue weighted by Crippen LogP contribution is -2.55.